The topological polar surface area (TPSA) is 78.2 Å². The Kier molecular flexibility index (Phi) is 5.31. The van der Waals surface area contributed by atoms with Crippen LogP contribution in [0.15, 0.2) is 22.7 Å². The van der Waals surface area contributed by atoms with Gasteiger partial charge in [-0.2, -0.15) is 0 Å². The highest BCUT2D eigenvalue weighted by atomic mass is 79.9. The average molecular weight is 353 g/mol. The number of nitro groups is 1. The zero-order valence-electron chi connectivity index (χ0n) is 10.6. The first-order valence-corrected chi connectivity index (χ1v) is 7.33. The smallest absolute Gasteiger partial charge is 0.329 e. The third kappa shape index (κ3) is 4.72. The quantitative estimate of drug-likeness (QED) is 0.391. The monoisotopic (exact) mass is 352 g/mol. The molecule has 1 N–H and O–H groups in total. The normalized spacial score (nSPS) is 15.1. The van der Waals surface area contributed by atoms with Gasteiger partial charge in [0.25, 0.3) is 0 Å². The van der Waals surface area contributed by atoms with Crippen molar-refractivity contribution in [2.45, 2.75) is 31.7 Å². The zero-order chi connectivity index (χ0) is 14.8. The Hall–Kier alpha value is -0.700. The van der Waals surface area contributed by atoms with Crippen LogP contribution in [0.2, 0.25) is 0 Å². The molecule has 0 unspecified atom stereocenters. The second-order valence-electron chi connectivity index (χ2n) is 4.89. The Balaban J connectivity index is 3.04. The molecule has 106 valence electrons. The maximum Gasteiger partial charge on any atom is 0.329 e. The standard InChI is InChI=1S/C11H14BrFN2O3S/c1-11(2,3)19(18)14-10(15(16)17)7-4-8(12)6-9(13)5-7/h4-6,10,14H,1-3H3/t10-,19+/m1/s1. The number of rotatable bonds is 4. The van der Waals surface area contributed by atoms with E-state index in [2.05, 4.69) is 20.7 Å². The number of benzene rings is 1. The van der Waals surface area contributed by atoms with Crippen molar-refractivity contribution in [3.63, 3.8) is 0 Å². The van der Waals surface area contributed by atoms with Crippen molar-refractivity contribution in [1.29, 1.82) is 0 Å². The van der Waals surface area contributed by atoms with Gasteiger partial charge in [-0.25, -0.2) is 4.39 Å². The molecule has 0 amide bonds. The molecule has 0 aliphatic heterocycles. The molecular weight excluding hydrogens is 339 g/mol. The minimum absolute atomic E-state index is 0.106. The molecule has 19 heavy (non-hydrogen) atoms. The van der Waals surface area contributed by atoms with E-state index in [9.17, 15) is 19.1 Å². The summed E-state index contributed by atoms with van der Waals surface area (Å²) in [5.74, 6) is -0.598. The molecule has 0 aliphatic rings. The summed E-state index contributed by atoms with van der Waals surface area (Å²) >= 11 is 1.44. The van der Waals surface area contributed by atoms with E-state index in [0.717, 1.165) is 6.07 Å². The van der Waals surface area contributed by atoms with Crippen LogP contribution in [0, 0.1) is 15.9 Å². The number of hydrogen-bond acceptors (Lipinski definition) is 4. The Bertz CT molecular complexity index is 461. The van der Waals surface area contributed by atoms with E-state index in [1.54, 1.807) is 20.8 Å². The summed E-state index contributed by atoms with van der Waals surface area (Å²) in [5, 5.41) is 11.1. The molecule has 0 aliphatic carbocycles. The lowest BCUT2D eigenvalue weighted by Crippen LogP contribution is -2.43. The highest BCUT2D eigenvalue weighted by molar-refractivity contribution is 9.10. The largest absolute Gasteiger partial charge is 0.597 e. The first kappa shape index (κ1) is 16.4. The summed E-state index contributed by atoms with van der Waals surface area (Å²) in [6.45, 7) is 5.07. The summed E-state index contributed by atoms with van der Waals surface area (Å²) in [6, 6.07) is 3.66. The maximum absolute atomic E-state index is 13.3. The highest BCUT2D eigenvalue weighted by Gasteiger charge is 2.35. The fourth-order valence-corrected chi connectivity index (χ4v) is 2.51. The van der Waals surface area contributed by atoms with Gasteiger partial charge >= 0.3 is 6.17 Å². The van der Waals surface area contributed by atoms with Gasteiger partial charge in [-0.05, 0) is 39.0 Å². The van der Waals surface area contributed by atoms with Crippen molar-refractivity contribution in [3.05, 3.63) is 44.2 Å². The summed E-state index contributed by atoms with van der Waals surface area (Å²) in [7, 11) is 0. The van der Waals surface area contributed by atoms with E-state index in [1.807, 2.05) is 0 Å². The molecule has 0 saturated heterocycles. The van der Waals surface area contributed by atoms with Crippen LogP contribution >= 0.6 is 15.9 Å². The van der Waals surface area contributed by atoms with E-state index in [1.165, 1.54) is 12.1 Å². The van der Waals surface area contributed by atoms with Gasteiger partial charge in [-0.3, -0.25) is 10.1 Å². The average Bonchev–Trinajstić information content (AvgIpc) is 2.21. The number of nitrogens with one attached hydrogen (secondary N) is 1. The third-order valence-corrected chi connectivity index (χ3v) is 4.19. The molecule has 0 heterocycles. The molecule has 2 atom stereocenters. The number of hydrogen-bond donors (Lipinski definition) is 1. The SMILES string of the molecule is CC(C)(C)[S@+]([O-])N[C@@H](c1cc(F)cc(Br)c1)[N+](=O)[O-]. The van der Waals surface area contributed by atoms with Crippen LogP contribution in [-0.2, 0) is 11.4 Å². The van der Waals surface area contributed by atoms with Crippen molar-refractivity contribution in [1.82, 2.24) is 4.72 Å². The maximum atomic E-state index is 13.3. The molecule has 5 nitrogen and oxygen atoms in total. The third-order valence-electron chi connectivity index (χ3n) is 2.19. The molecule has 1 aromatic rings. The fourth-order valence-electron chi connectivity index (χ4n) is 1.24. The van der Waals surface area contributed by atoms with Crippen molar-refractivity contribution in [2.75, 3.05) is 0 Å². The van der Waals surface area contributed by atoms with Gasteiger partial charge in [0.1, 0.15) is 10.6 Å². The summed E-state index contributed by atoms with van der Waals surface area (Å²) in [5.41, 5.74) is 0.106. The molecule has 8 heteroatoms. The van der Waals surface area contributed by atoms with Gasteiger partial charge in [0.2, 0.25) is 0 Å². The highest BCUT2D eigenvalue weighted by Crippen LogP contribution is 2.24. The first-order valence-electron chi connectivity index (χ1n) is 5.39. The Morgan fingerprint density at radius 1 is 1.42 bits per heavy atom. The summed E-state index contributed by atoms with van der Waals surface area (Å²) < 4.78 is 27.3. The lowest BCUT2D eigenvalue weighted by atomic mass is 10.2. The Labute approximate surface area is 122 Å². The second-order valence-corrected chi connectivity index (χ2v) is 7.80. The number of halogens is 2. The van der Waals surface area contributed by atoms with E-state index >= 15 is 0 Å². The van der Waals surface area contributed by atoms with Gasteiger partial charge in [-0.15, -0.1) is 0 Å². The second kappa shape index (κ2) is 6.17. The minimum atomic E-state index is -1.63. The minimum Gasteiger partial charge on any atom is -0.597 e. The summed E-state index contributed by atoms with van der Waals surface area (Å²) in [4.78, 5) is 10.4. The van der Waals surface area contributed by atoms with Crippen molar-refractivity contribution in [3.8, 4) is 0 Å². The lowest BCUT2D eigenvalue weighted by molar-refractivity contribution is -0.532. The van der Waals surface area contributed by atoms with Gasteiger partial charge in [-0.1, -0.05) is 20.7 Å². The molecule has 0 fully saturated rings. The van der Waals surface area contributed by atoms with Gasteiger partial charge in [0, 0.05) is 26.3 Å². The summed E-state index contributed by atoms with van der Waals surface area (Å²) in [6.07, 6.45) is -1.42. The lowest BCUT2D eigenvalue weighted by Gasteiger charge is -2.24. The van der Waals surface area contributed by atoms with Crippen molar-refractivity contribution in [2.24, 2.45) is 0 Å². The first-order chi connectivity index (χ1) is 8.61. The van der Waals surface area contributed by atoms with Gasteiger partial charge < -0.3 is 4.55 Å². The Morgan fingerprint density at radius 2 is 2.00 bits per heavy atom. The van der Waals surface area contributed by atoms with Gasteiger partial charge in [0.05, 0.1) is 0 Å². The zero-order valence-corrected chi connectivity index (χ0v) is 13.0. The van der Waals surface area contributed by atoms with Crippen LogP contribution in [0.1, 0.15) is 32.5 Å². The van der Waals surface area contributed by atoms with Crippen molar-refractivity contribution < 1.29 is 13.9 Å². The molecule has 0 aromatic heterocycles. The van der Waals surface area contributed by atoms with E-state index in [-0.39, 0.29) is 5.56 Å². The predicted octanol–water partition coefficient (Wildman–Crippen LogP) is 2.92. The molecule has 1 aromatic carbocycles. The molecule has 0 bridgehead atoms. The molecular formula is C11H14BrFN2O3S. The molecule has 1 rings (SSSR count). The van der Waals surface area contributed by atoms with E-state index in [4.69, 9.17) is 0 Å². The van der Waals surface area contributed by atoms with Crippen LogP contribution in [0.4, 0.5) is 4.39 Å². The fraction of sp³-hybridized carbons (Fsp3) is 0.455. The molecule has 0 spiro atoms. The molecule has 0 saturated carbocycles. The van der Waals surface area contributed by atoms with E-state index < -0.39 is 33.0 Å². The predicted molar refractivity (Wildman–Crippen MR) is 74.9 cm³/mol. The number of nitrogens with zero attached hydrogens (tertiary/aromatic N) is 1. The van der Waals surface area contributed by atoms with Crippen LogP contribution in [0.5, 0.6) is 0 Å². The Morgan fingerprint density at radius 3 is 2.42 bits per heavy atom. The van der Waals surface area contributed by atoms with Gasteiger partial charge in [0.15, 0.2) is 0 Å². The van der Waals surface area contributed by atoms with E-state index in [0.29, 0.717) is 4.47 Å². The van der Waals surface area contributed by atoms with Crippen molar-refractivity contribution >= 4 is 27.3 Å². The molecule has 0 radical (unpaired) electrons. The van der Waals surface area contributed by atoms with Crippen LogP contribution in [0.25, 0.3) is 0 Å². The van der Waals surface area contributed by atoms with Crippen LogP contribution in [-0.4, -0.2) is 14.2 Å². The van der Waals surface area contributed by atoms with Crippen LogP contribution in [0.3, 0.4) is 0 Å². The van der Waals surface area contributed by atoms with Crippen LogP contribution < -0.4 is 4.72 Å².